The summed E-state index contributed by atoms with van der Waals surface area (Å²) in [4.78, 5) is 5.69. The second-order valence-corrected chi connectivity index (χ2v) is 19.6. The Kier molecular flexibility index (Phi) is 6.18. The number of piperidine rings is 4. The second kappa shape index (κ2) is 10.4. The fourth-order valence-corrected chi connectivity index (χ4v) is 16.8. The van der Waals surface area contributed by atoms with Gasteiger partial charge in [0.1, 0.15) is 0 Å². The van der Waals surface area contributed by atoms with Crippen LogP contribution >= 0.6 is 0 Å². The first-order valence-corrected chi connectivity index (χ1v) is 20.1. The lowest BCUT2D eigenvalue weighted by Gasteiger charge is -2.57. The third-order valence-electron chi connectivity index (χ3n) is 13.4. The van der Waals surface area contributed by atoms with Gasteiger partial charge in [0.25, 0.3) is 0 Å². The molecule has 0 N–H and O–H groups in total. The summed E-state index contributed by atoms with van der Waals surface area (Å²) in [6.45, 7) is 0. The molecule has 45 heavy (non-hydrogen) atoms. The van der Waals surface area contributed by atoms with Crippen LogP contribution in [0.3, 0.4) is 0 Å². The molecular formula is C42H46N2Si. The van der Waals surface area contributed by atoms with Gasteiger partial charge in [0.2, 0.25) is 0 Å². The van der Waals surface area contributed by atoms with Crippen LogP contribution in [-0.2, 0) is 0 Å². The average molecular weight is 607 g/mol. The topological polar surface area (TPSA) is 6.48 Å². The SMILES string of the molecule is c1ccc([Si](c2ccccc2)(c2ccc(N3C4CC5CC(C4)CC3C5)cc2)c2ccc(N3C4CC5CC(C4)CC3C5)cc2)cc1. The standard InChI is InChI=1S/C42H46N2Si/c1-3-7-39(8-4-1)45(40-9-5-2-6-10-40,41-15-11-33(12-16-41)43-35-21-29-19-30(23-35)24-36(43)22-29)42-17-13-34(14-18-42)44-37-25-31-20-32(27-37)28-38(44)26-31/h1-18,29-32,35-38H,19-28H2. The fourth-order valence-electron chi connectivity index (χ4n) is 12.1. The normalized spacial score (nSPS) is 32.8. The highest BCUT2D eigenvalue weighted by Crippen LogP contribution is 2.51. The first kappa shape index (κ1) is 26.9. The van der Waals surface area contributed by atoms with Crippen molar-refractivity contribution in [2.24, 2.45) is 23.7 Å². The summed E-state index contributed by atoms with van der Waals surface area (Å²) in [5.74, 6) is 3.93. The minimum absolute atomic E-state index is 0.755. The van der Waals surface area contributed by atoms with E-state index in [1.165, 1.54) is 96.3 Å². The van der Waals surface area contributed by atoms with Crippen LogP contribution in [0.15, 0.2) is 109 Å². The molecule has 3 heteroatoms. The predicted molar refractivity (Wildman–Crippen MR) is 190 cm³/mol. The molecule has 8 aliphatic rings. The number of hydrogen-bond acceptors (Lipinski definition) is 2. The Bertz CT molecular complexity index is 1480. The summed E-state index contributed by atoms with van der Waals surface area (Å²) in [7, 11) is -2.55. The first-order valence-electron chi connectivity index (χ1n) is 18.1. The molecule has 4 aromatic rings. The van der Waals surface area contributed by atoms with Gasteiger partial charge in [-0.3, -0.25) is 0 Å². The molecule has 2 nitrogen and oxygen atoms in total. The molecule has 8 bridgehead atoms. The van der Waals surface area contributed by atoms with E-state index >= 15 is 0 Å². The highest BCUT2D eigenvalue weighted by molar-refractivity contribution is 7.19. The zero-order chi connectivity index (χ0) is 29.5. The molecule has 0 amide bonds. The van der Waals surface area contributed by atoms with Crippen LogP contribution in [0.4, 0.5) is 11.4 Å². The maximum absolute atomic E-state index is 2.85. The Morgan fingerprint density at radius 3 is 0.933 bits per heavy atom. The molecule has 12 rings (SSSR count). The Morgan fingerprint density at radius 2 is 0.622 bits per heavy atom. The minimum atomic E-state index is -2.55. The molecule has 4 heterocycles. The number of hydrogen-bond donors (Lipinski definition) is 0. The lowest BCUT2D eigenvalue weighted by Crippen LogP contribution is -2.74. The van der Waals surface area contributed by atoms with E-state index in [1.807, 2.05) is 0 Å². The number of rotatable bonds is 6. The molecule has 4 saturated carbocycles. The van der Waals surface area contributed by atoms with E-state index in [-0.39, 0.29) is 0 Å². The van der Waals surface area contributed by atoms with Crippen molar-refractivity contribution in [2.75, 3.05) is 9.80 Å². The molecular weight excluding hydrogens is 561 g/mol. The molecule has 0 spiro atoms. The summed E-state index contributed by atoms with van der Waals surface area (Å²) in [6, 6.07) is 46.1. The van der Waals surface area contributed by atoms with E-state index < -0.39 is 8.07 Å². The second-order valence-electron chi connectivity index (χ2n) is 15.8. The van der Waals surface area contributed by atoms with Gasteiger partial charge in [-0.2, -0.15) is 0 Å². The third-order valence-corrected chi connectivity index (χ3v) is 18.2. The van der Waals surface area contributed by atoms with Gasteiger partial charge >= 0.3 is 0 Å². The van der Waals surface area contributed by atoms with E-state index in [4.69, 9.17) is 0 Å². The van der Waals surface area contributed by atoms with Crippen LogP contribution in [0, 0.1) is 23.7 Å². The van der Waals surface area contributed by atoms with Gasteiger partial charge < -0.3 is 9.80 Å². The monoisotopic (exact) mass is 606 g/mol. The lowest BCUT2D eigenvalue weighted by atomic mass is 9.63. The van der Waals surface area contributed by atoms with Crippen LogP contribution in [0.5, 0.6) is 0 Å². The van der Waals surface area contributed by atoms with Gasteiger partial charge in [0, 0.05) is 35.5 Å². The molecule has 0 unspecified atom stereocenters. The van der Waals surface area contributed by atoms with Crippen LogP contribution in [0.1, 0.15) is 64.2 Å². The van der Waals surface area contributed by atoms with Crippen LogP contribution < -0.4 is 30.5 Å². The van der Waals surface area contributed by atoms with E-state index in [0.29, 0.717) is 0 Å². The van der Waals surface area contributed by atoms with Crippen LogP contribution in [0.25, 0.3) is 0 Å². The summed E-state index contributed by atoms with van der Waals surface area (Å²) < 4.78 is 0. The smallest absolute Gasteiger partial charge is 0.179 e. The molecule has 8 fully saturated rings. The third kappa shape index (κ3) is 4.18. The zero-order valence-corrected chi connectivity index (χ0v) is 27.5. The highest BCUT2D eigenvalue weighted by Gasteiger charge is 2.49. The van der Waals surface area contributed by atoms with Crippen molar-refractivity contribution >= 4 is 40.2 Å². The maximum atomic E-state index is 2.85. The lowest BCUT2D eigenvalue weighted by molar-refractivity contribution is 0.0899. The Hall–Kier alpha value is -3.30. The molecule has 0 radical (unpaired) electrons. The van der Waals surface area contributed by atoms with Crippen molar-refractivity contribution < 1.29 is 0 Å². The largest absolute Gasteiger partial charge is 0.366 e. The summed E-state index contributed by atoms with van der Waals surface area (Å²) >= 11 is 0. The van der Waals surface area contributed by atoms with Crippen molar-refractivity contribution in [1.82, 2.24) is 0 Å². The average Bonchev–Trinajstić information content (AvgIpc) is 3.06. The Labute approximate surface area is 270 Å². The molecule has 4 aromatic carbocycles. The minimum Gasteiger partial charge on any atom is -0.366 e. The number of anilines is 2. The van der Waals surface area contributed by atoms with Crippen molar-refractivity contribution in [3.63, 3.8) is 0 Å². The highest BCUT2D eigenvalue weighted by atomic mass is 28.3. The molecule has 0 aromatic heterocycles. The Morgan fingerprint density at radius 1 is 0.333 bits per heavy atom. The van der Waals surface area contributed by atoms with Gasteiger partial charge in [0.15, 0.2) is 8.07 Å². The molecule has 4 aliphatic carbocycles. The number of benzene rings is 4. The van der Waals surface area contributed by atoms with E-state index in [9.17, 15) is 0 Å². The van der Waals surface area contributed by atoms with Gasteiger partial charge in [-0.25, -0.2) is 0 Å². The van der Waals surface area contributed by atoms with Gasteiger partial charge in [-0.15, -0.1) is 0 Å². The van der Waals surface area contributed by atoms with Crippen molar-refractivity contribution in [1.29, 1.82) is 0 Å². The van der Waals surface area contributed by atoms with E-state index in [2.05, 4.69) is 119 Å². The summed E-state index contributed by atoms with van der Waals surface area (Å²) in [5.41, 5.74) is 2.92. The van der Waals surface area contributed by atoms with Crippen molar-refractivity contribution in [3.05, 3.63) is 109 Å². The molecule has 0 atom stereocenters. The summed E-state index contributed by atoms with van der Waals surface area (Å²) in [6.07, 6.45) is 14.3. The van der Waals surface area contributed by atoms with Crippen LogP contribution in [-0.4, -0.2) is 32.2 Å². The van der Waals surface area contributed by atoms with Gasteiger partial charge in [-0.1, -0.05) is 84.9 Å². The number of nitrogens with zero attached hydrogens (tertiary/aromatic N) is 2. The fraction of sp³-hybridized carbons (Fsp3) is 0.429. The van der Waals surface area contributed by atoms with Crippen LogP contribution in [0.2, 0.25) is 0 Å². The predicted octanol–water partition coefficient (Wildman–Crippen LogP) is 6.60. The Balaban J connectivity index is 1.08. The first-order chi connectivity index (χ1) is 22.2. The molecule has 4 aliphatic heterocycles. The van der Waals surface area contributed by atoms with Crippen molar-refractivity contribution in [2.45, 2.75) is 88.4 Å². The van der Waals surface area contributed by atoms with E-state index in [0.717, 1.165) is 47.8 Å². The van der Waals surface area contributed by atoms with Gasteiger partial charge in [0.05, 0.1) is 0 Å². The van der Waals surface area contributed by atoms with E-state index in [1.54, 1.807) is 0 Å². The quantitative estimate of drug-likeness (QED) is 0.180. The maximum Gasteiger partial charge on any atom is 0.179 e. The molecule has 4 saturated heterocycles. The van der Waals surface area contributed by atoms with Gasteiger partial charge in [-0.05, 0) is 133 Å². The van der Waals surface area contributed by atoms with Crippen molar-refractivity contribution in [3.8, 4) is 0 Å². The summed E-state index contributed by atoms with van der Waals surface area (Å²) in [5, 5.41) is 5.94. The molecule has 228 valence electrons. The zero-order valence-electron chi connectivity index (χ0n) is 26.5.